The van der Waals surface area contributed by atoms with Gasteiger partial charge in [0.1, 0.15) is 16.4 Å². The molecular weight excluding hydrogens is 370 g/mol. The number of amides is 1. The van der Waals surface area contributed by atoms with Crippen LogP contribution in [0.1, 0.15) is 10.5 Å². The molecule has 26 heavy (non-hydrogen) atoms. The van der Waals surface area contributed by atoms with Crippen molar-refractivity contribution in [3.05, 3.63) is 59.0 Å². The molecule has 0 atom stereocenters. The number of nitrogens with zero attached hydrogens (tertiary/aromatic N) is 5. The Labute approximate surface area is 160 Å². The Morgan fingerprint density at radius 3 is 2.73 bits per heavy atom. The molecule has 0 N–H and O–H groups in total. The summed E-state index contributed by atoms with van der Waals surface area (Å²) in [7, 11) is 0. The number of benzene rings is 1. The monoisotopic (exact) mass is 385 g/mol. The Kier molecular flexibility index (Phi) is 4.81. The van der Waals surface area contributed by atoms with Gasteiger partial charge in [0.15, 0.2) is 0 Å². The summed E-state index contributed by atoms with van der Waals surface area (Å²) in [5.41, 5.74) is 2.23. The van der Waals surface area contributed by atoms with Crippen LogP contribution in [0.15, 0.2) is 48.2 Å². The van der Waals surface area contributed by atoms with Gasteiger partial charge >= 0.3 is 0 Å². The predicted octanol–water partition coefficient (Wildman–Crippen LogP) is 3.22. The molecule has 1 amide bonds. The first kappa shape index (κ1) is 16.9. The van der Waals surface area contributed by atoms with E-state index in [4.69, 9.17) is 11.6 Å². The van der Waals surface area contributed by atoms with E-state index in [9.17, 15) is 4.79 Å². The molecule has 1 aromatic carbocycles. The molecule has 6 nitrogen and oxygen atoms in total. The van der Waals surface area contributed by atoms with Crippen LogP contribution in [0.25, 0.3) is 10.7 Å². The SMILES string of the molecule is O=C(c1csc(-c2cnccn2)n1)N1CCN(c2cccc(Cl)c2)CC1. The van der Waals surface area contributed by atoms with E-state index in [1.807, 2.05) is 29.2 Å². The van der Waals surface area contributed by atoms with Crippen molar-refractivity contribution in [3.63, 3.8) is 0 Å². The topological polar surface area (TPSA) is 62.2 Å². The Bertz CT molecular complexity index is 909. The first-order valence-corrected chi connectivity index (χ1v) is 9.48. The fraction of sp³-hybridized carbons (Fsp3) is 0.222. The van der Waals surface area contributed by atoms with E-state index < -0.39 is 0 Å². The Morgan fingerprint density at radius 2 is 2.00 bits per heavy atom. The lowest BCUT2D eigenvalue weighted by Gasteiger charge is -2.35. The highest BCUT2D eigenvalue weighted by Crippen LogP contribution is 2.23. The maximum absolute atomic E-state index is 12.7. The van der Waals surface area contributed by atoms with Crippen LogP contribution in [0.4, 0.5) is 5.69 Å². The molecule has 0 aliphatic carbocycles. The van der Waals surface area contributed by atoms with Crippen molar-refractivity contribution in [1.29, 1.82) is 0 Å². The van der Waals surface area contributed by atoms with Crippen LogP contribution in [-0.2, 0) is 0 Å². The zero-order chi connectivity index (χ0) is 17.9. The van der Waals surface area contributed by atoms with Crippen molar-refractivity contribution < 1.29 is 4.79 Å². The molecule has 0 saturated carbocycles. The summed E-state index contributed by atoms with van der Waals surface area (Å²) in [6.45, 7) is 2.85. The van der Waals surface area contributed by atoms with E-state index in [1.54, 1.807) is 24.0 Å². The van der Waals surface area contributed by atoms with Gasteiger partial charge in [-0.3, -0.25) is 14.8 Å². The smallest absolute Gasteiger partial charge is 0.273 e. The van der Waals surface area contributed by atoms with Crippen LogP contribution in [0.3, 0.4) is 0 Å². The van der Waals surface area contributed by atoms with Crippen LogP contribution in [0, 0.1) is 0 Å². The average molecular weight is 386 g/mol. The molecule has 0 spiro atoms. The molecule has 132 valence electrons. The zero-order valence-electron chi connectivity index (χ0n) is 13.9. The first-order chi connectivity index (χ1) is 12.7. The molecule has 0 radical (unpaired) electrons. The van der Waals surface area contributed by atoms with Gasteiger partial charge in [0.25, 0.3) is 5.91 Å². The molecule has 1 saturated heterocycles. The van der Waals surface area contributed by atoms with Crippen molar-refractivity contribution in [2.45, 2.75) is 0 Å². The number of hydrogen-bond donors (Lipinski definition) is 0. The fourth-order valence-electron chi connectivity index (χ4n) is 2.90. The number of hydrogen-bond acceptors (Lipinski definition) is 6. The molecule has 3 heterocycles. The maximum Gasteiger partial charge on any atom is 0.273 e. The summed E-state index contributed by atoms with van der Waals surface area (Å²) in [5.74, 6) is -0.0397. The highest BCUT2D eigenvalue weighted by Gasteiger charge is 2.24. The third kappa shape index (κ3) is 3.54. The Balaban J connectivity index is 1.42. The minimum atomic E-state index is -0.0397. The Morgan fingerprint density at radius 1 is 1.15 bits per heavy atom. The molecule has 2 aromatic heterocycles. The number of halogens is 1. The molecular formula is C18H16ClN5OS. The summed E-state index contributed by atoms with van der Waals surface area (Å²) >= 11 is 7.48. The summed E-state index contributed by atoms with van der Waals surface area (Å²) in [4.78, 5) is 29.5. The lowest BCUT2D eigenvalue weighted by molar-refractivity contribution is 0.0742. The Hall–Kier alpha value is -2.51. The lowest BCUT2D eigenvalue weighted by atomic mass is 10.2. The lowest BCUT2D eigenvalue weighted by Crippen LogP contribution is -2.48. The van der Waals surface area contributed by atoms with Crippen LogP contribution in [0.5, 0.6) is 0 Å². The second kappa shape index (κ2) is 7.39. The van der Waals surface area contributed by atoms with Gasteiger partial charge in [-0.15, -0.1) is 11.3 Å². The summed E-state index contributed by atoms with van der Waals surface area (Å²) < 4.78 is 0. The fourth-order valence-corrected chi connectivity index (χ4v) is 3.84. The number of rotatable bonds is 3. The standard InChI is InChI=1S/C18H16ClN5OS/c19-13-2-1-3-14(10-13)23-6-8-24(9-7-23)18(25)16-12-26-17(22-16)15-11-20-4-5-21-15/h1-5,10-12H,6-9H2. The summed E-state index contributed by atoms with van der Waals surface area (Å²) in [6.07, 6.45) is 4.88. The van der Waals surface area contributed by atoms with E-state index in [2.05, 4.69) is 19.9 Å². The van der Waals surface area contributed by atoms with E-state index in [1.165, 1.54) is 11.3 Å². The second-order valence-electron chi connectivity index (χ2n) is 5.89. The van der Waals surface area contributed by atoms with Gasteiger partial charge in [-0.2, -0.15) is 0 Å². The van der Waals surface area contributed by atoms with Crippen LogP contribution in [0.2, 0.25) is 5.02 Å². The number of aromatic nitrogens is 3. The quantitative estimate of drug-likeness (QED) is 0.692. The summed E-state index contributed by atoms with van der Waals surface area (Å²) in [5, 5.41) is 3.22. The van der Waals surface area contributed by atoms with E-state index in [0.717, 1.165) is 23.8 Å². The van der Waals surface area contributed by atoms with Gasteiger partial charge in [-0.1, -0.05) is 17.7 Å². The zero-order valence-corrected chi connectivity index (χ0v) is 15.5. The van der Waals surface area contributed by atoms with Gasteiger partial charge in [-0.05, 0) is 18.2 Å². The maximum atomic E-state index is 12.7. The molecule has 8 heteroatoms. The molecule has 1 fully saturated rings. The summed E-state index contributed by atoms with van der Waals surface area (Å²) in [6, 6.07) is 7.80. The third-order valence-corrected chi connectivity index (χ3v) is 5.35. The molecule has 1 aliphatic rings. The van der Waals surface area contributed by atoms with Gasteiger partial charge < -0.3 is 9.80 Å². The van der Waals surface area contributed by atoms with Gasteiger partial charge in [0.05, 0.1) is 6.20 Å². The van der Waals surface area contributed by atoms with Crippen molar-refractivity contribution in [2.75, 3.05) is 31.1 Å². The van der Waals surface area contributed by atoms with Crippen molar-refractivity contribution in [3.8, 4) is 10.7 Å². The highest BCUT2D eigenvalue weighted by molar-refractivity contribution is 7.13. The molecule has 3 aromatic rings. The van der Waals surface area contributed by atoms with Crippen molar-refractivity contribution in [1.82, 2.24) is 19.9 Å². The van der Waals surface area contributed by atoms with E-state index in [0.29, 0.717) is 29.5 Å². The first-order valence-electron chi connectivity index (χ1n) is 8.22. The number of thiazole rings is 1. The molecule has 4 rings (SSSR count). The number of piperazine rings is 1. The van der Waals surface area contributed by atoms with Crippen LogP contribution in [-0.4, -0.2) is 51.9 Å². The number of anilines is 1. The largest absolute Gasteiger partial charge is 0.368 e. The highest BCUT2D eigenvalue weighted by atomic mass is 35.5. The molecule has 0 unspecified atom stereocenters. The third-order valence-electron chi connectivity index (χ3n) is 4.25. The minimum absolute atomic E-state index is 0.0397. The second-order valence-corrected chi connectivity index (χ2v) is 7.18. The molecule has 0 bridgehead atoms. The van der Waals surface area contributed by atoms with Gasteiger partial charge in [0.2, 0.25) is 0 Å². The average Bonchev–Trinajstić information content (AvgIpc) is 3.18. The van der Waals surface area contributed by atoms with Gasteiger partial charge in [0, 0.05) is 54.7 Å². The van der Waals surface area contributed by atoms with Gasteiger partial charge in [-0.25, -0.2) is 4.98 Å². The van der Waals surface area contributed by atoms with Crippen molar-refractivity contribution in [2.24, 2.45) is 0 Å². The molecule has 1 aliphatic heterocycles. The number of carbonyl (C=O) groups excluding carboxylic acids is 1. The normalized spacial score (nSPS) is 14.5. The van der Waals surface area contributed by atoms with E-state index >= 15 is 0 Å². The van der Waals surface area contributed by atoms with Crippen LogP contribution >= 0.6 is 22.9 Å². The van der Waals surface area contributed by atoms with Crippen LogP contribution < -0.4 is 4.90 Å². The van der Waals surface area contributed by atoms with Crippen molar-refractivity contribution >= 4 is 34.5 Å². The van der Waals surface area contributed by atoms with E-state index in [-0.39, 0.29) is 5.91 Å². The predicted molar refractivity (Wildman–Crippen MR) is 103 cm³/mol. The number of carbonyl (C=O) groups is 1. The minimum Gasteiger partial charge on any atom is -0.368 e.